The summed E-state index contributed by atoms with van der Waals surface area (Å²) in [5.41, 5.74) is -18.2. The van der Waals surface area contributed by atoms with Crippen molar-refractivity contribution < 1.29 is 233 Å². The summed E-state index contributed by atoms with van der Waals surface area (Å²) in [5.74, 6) is -58.8. The van der Waals surface area contributed by atoms with Gasteiger partial charge in [-0.05, 0) is 54.6 Å². The summed E-state index contributed by atoms with van der Waals surface area (Å²) in [6, 6.07) is 3.71. The zero-order valence-corrected chi connectivity index (χ0v) is 59.9. The van der Waals surface area contributed by atoms with Crippen LogP contribution in [0.5, 0.6) is 161 Å². The van der Waals surface area contributed by atoms with Gasteiger partial charge in [0, 0.05) is 45.5 Å². The van der Waals surface area contributed by atoms with Gasteiger partial charge in [0.05, 0.1) is 51.1 Å². The lowest BCUT2D eigenvalue weighted by Gasteiger charge is -2.43. The van der Waals surface area contributed by atoms with Gasteiger partial charge in [0.25, 0.3) is 0 Å². The lowest BCUT2D eigenvalue weighted by molar-refractivity contribution is -0.282. The normalized spacial score (nSPS) is 19.9. The number of fused-ring (bicyclic) bond motifs is 13. The molecular weight excluding hydrogens is 1650 g/mol. The van der Waals surface area contributed by atoms with Crippen molar-refractivity contribution in [2.24, 2.45) is 0 Å². The number of cyclic esters (lactones) is 2. The first-order chi connectivity index (χ1) is 57.5. The number of phenolic OH excluding ortho intramolecular Hbond substituents is 26. The van der Waals surface area contributed by atoms with Crippen molar-refractivity contribution in [2.75, 3.05) is 19.8 Å². The van der Waals surface area contributed by atoms with E-state index in [-0.39, 0.29) is 24.3 Å². The van der Waals surface area contributed by atoms with E-state index in [0.717, 1.165) is 0 Å². The number of phenols is 26. The Balaban J connectivity index is 0.876. The second-order valence-corrected chi connectivity index (χ2v) is 26.7. The summed E-state index contributed by atoms with van der Waals surface area (Å²) in [4.78, 5) is 133. The lowest BCUT2D eigenvalue weighted by atomic mass is 9.91. The topological polar surface area (TPSA) is 790 Å². The molecule has 26 N–H and O–H groups in total. The van der Waals surface area contributed by atoms with Gasteiger partial charge in [-0.25, -0.2) is 43.2 Å². The second-order valence-electron chi connectivity index (χ2n) is 26.7. The number of carbonyl (C=O) groups excluding carboxylic acids is 9. The third kappa shape index (κ3) is 13.4. The molecular formula is C75H52O47. The number of rotatable bonds is 8. The molecule has 0 unspecified atom stereocenters. The maximum absolute atomic E-state index is 15.4. The summed E-state index contributed by atoms with van der Waals surface area (Å²) in [7, 11) is 0. The first-order valence-electron chi connectivity index (χ1n) is 34.0. The highest BCUT2D eigenvalue weighted by atomic mass is 16.8. The van der Waals surface area contributed by atoms with E-state index >= 15 is 4.79 Å². The molecule has 634 valence electrons. The lowest BCUT2D eigenvalue weighted by Crippen LogP contribution is -2.63. The van der Waals surface area contributed by atoms with Crippen molar-refractivity contribution in [3.05, 3.63) is 117 Å². The van der Waals surface area contributed by atoms with Gasteiger partial charge >= 0.3 is 53.7 Å². The fourth-order valence-electron chi connectivity index (χ4n) is 13.5. The maximum Gasteiger partial charge on any atom is 0.344 e. The third-order valence-electron chi connectivity index (χ3n) is 19.4. The van der Waals surface area contributed by atoms with Crippen LogP contribution in [-0.2, 0) is 52.1 Å². The molecule has 122 heavy (non-hydrogen) atoms. The van der Waals surface area contributed by atoms with Gasteiger partial charge < -0.3 is 190 Å². The predicted octanol–water partition coefficient (Wildman–Crippen LogP) is 3.41. The Morgan fingerprint density at radius 3 is 0.992 bits per heavy atom. The zero-order chi connectivity index (χ0) is 88.6. The molecule has 9 aromatic carbocycles. The number of hydrogen-bond donors (Lipinski definition) is 26. The number of carbonyl (C=O) groups is 9. The van der Waals surface area contributed by atoms with Gasteiger partial charge in [-0.3, -0.25) is 0 Å². The van der Waals surface area contributed by atoms with Crippen molar-refractivity contribution in [3.8, 4) is 194 Å². The second kappa shape index (κ2) is 29.8. The molecule has 47 heteroatoms. The van der Waals surface area contributed by atoms with Crippen LogP contribution in [0.1, 0.15) is 93.2 Å². The highest BCUT2D eigenvalue weighted by molar-refractivity contribution is 6.12. The molecule has 0 bridgehead atoms. The van der Waals surface area contributed by atoms with E-state index in [2.05, 4.69) is 0 Å². The summed E-state index contributed by atoms with van der Waals surface area (Å²) in [6.45, 7) is -3.91. The fourth-order valence-corrected chi connectivity index (χ4v) is 13.5. The molecule has 5 heterocycles. The molecule has 9 aromatic rings. The summed E-state index contributed by atoms with van der Waals surface area (Å²) in [5, 5.41) is 285. The van der Waals surface area contributed by atoms with Crippen LogP contribution in [0.2, 0.25) is 0 Å². The Labute approximate surface area is 670 Å². The van der Waals surface area contributed by atoms with Gasteiger partial charge in [0.15, 0.2) is 146 Å². The number of esters is 9. The molecule has 0 radical (unpaired) electrons. The van der Waals surface area contributed by atoms with Gasteiger partial charge in [-0.2, -0.15) is 0 Å². The van der Waals surface area contributed by atoms with E-state index in [9.17, 15) is 171 Å². The molecule has 0 saturated carbocycles. The van der Waals surface area contributed by atoms with Crippen LogP contribution in [-0.4, -0.2) is 261 Å². The van der Waals surface area contributed by atoms with Crippen molar-refractivity contribution in [1.82, 2.24) is 0 Å². The minimum Gasteiger partial charge on any atom is -0.504 e. The van der Waals surface area contributed by atoms with Crippen molar-refractivity contribution in [1.29, 1.82) is 0 Å². The van der Waals surface area contributed by atoms with Crippen LogP contribution in [0.15, 0.2) is 66.7 Å². The first-order valence-corrected chi connectivity index (χ1v) is 34.0. The molecule has 14 rings (SSSR count). The van der Waals surface area contributed by atoms with Gasteiger partial charge in [-0.1, -0.05) is 0 Å². The van der Waals surface area contributed by atoms with Crippen LogP contribution in [0.3, 0.4) is 0 Å². The van der Waals surface area contributed by atoms with E-state index in [4.69, 9.17) is 56.8 Å². The standard InChI is InChI=1S/C75H52O47/c76-24-1-15(2-25(77)44(24)86)66(102)120-64-63-37(14-113-68(104)17-5-28(80)46(88)53(95)38(17)40-19(73(109)119-63)7-30(82)48(90)55(40)97)116-75(65(64)121-67(103)16-3-26(78)45(87)27(79)4-16)122-74(110)23-10-33(85)51(93)59(101)60(23)114-34-11-22-43(58(100)52(34)94)42-21(9-32(84)50(92)57(42)99)71(107)117-61-35(12-112-69(22)105)111-13-36-62(61)118-72(108)20-8-31(83)49(91)56(98)41(20)39-18(70(106)115-36)6-29(81)47(89)54(39)96/h1-11,35-37,61-65,75-101H,12-14H2/t35-,36+,37-,61-,62-,63-,64-,65-,75-/m1/s1. The summed E-state index contributed by atoms with van der Waals surface area (Å²) >= 11 is 0. The zero-order valence-electron chi connectivity index (χ0n) is 59.9. The van der Waals surface area contributed by atoms with E-state index < -0.39 is 373 Å². The summed E-state index contributed by atoms with van der Waals surface area (Å²) < 4.78 is 68.5. The molecule has 2 saturated heterocycles. The van der Waals surface area contributed by atoms with Crippen LogP contribution in [0, 0.1) is 0 Å². The first kappa shape index (κ1) is 81.3. The number of hydrogen-bond acceptors (Lipinski definition) is 47. The average Bonchev–Trinajstić information content (AvgIpc) is 0.782. The van der Waals surface area contributed by atoms with Crippen LogP contribution in [0.25, 0.3) is 33.4 Å². The average molecular weight is 1710 g/mol. The molecule has 5 aliphatic rings. The van der Waals surface area contributed by atoms with E-state index in [1.807, 2.05) is 0 Å². The van der Waals surface area contributed by atoms with E-state index in [0.29, 0.717) is 42.5 Å². The predicted molar refractivity (Wildman–Crippen MR) is 378 cm³/mol. The largest absolute Gasteiger partial charge is 0.504 e. The van der Waals surface area contributed by atoms with E-state index in [1.165, 1.54) is 0 Å². The molecule has 5 aliphatic heterocycles. The van der Waals surface area contributed by atoms with Gasteiger partial charge in [0.2, 0.25) is 58.4 Å². The Kier molecular flexibility index (Phi) is 19.8. The highest BCUT2D eigenvalue weighted by Crippen LogP contribution is 2.59. The van der Waals surface area contributed by atoms with Crippen molar-refractivity contribution in [3.63, 3.8) is 0 Å². The molecule has 0 amide bonds. The Morgan fingerprint density at radius 1 is 0.279 bits per heavy atom. The monoisotopic (exact) mass is 1700 g/mol. The van der Waals surface area contributed by atoms with Gasteiger partial charge in [0.1, 0.15) is 31.0 Å². The molecule has 2 fully saturated rings. The molecule has 47 nitrogen and oxygen atoms in total. The van der Waals surface area contributed by atoms with E-state index in [1.54, 1.807) is 0 Å². The Bertz CT molecular complexity index is 6090. The molecule has 0 spiro atoms. The minimum absolute atomic E-state index is 0.130. The number of aromatic hydroxyl groups is 26. The molecule has 9 atom stereocenters. The number of benzene rings is 9. The number of ether oxygens (including phenoxy) is 12. The van der Waals surface area contributed by atoms with Crippen LogP contribution < -0.4 is 4.74 Å². The molecule has 0 aliphatic carbocycles. The fraction of sp³-hybridized carbons (Fsp3) is 0.160. The maximum atomic E-state index is 15.4. The smallest absolute Gasteiger partial charge is 0.344 e. The Hall–Kier alpha value is -17.3. The Morgan fingerprint density at radius 2 is 0.590 bits per heavy atom. The van der Waals surface area contributed by atoms with Gasteiger partial charge in [-0.15, -0.1) is 0 Å². The van der Waals surface area contributed by atoms with Crippen molar-refractivity contribution in [2.45, 2.75) is 55.1 Å². The quantitative estimate of drug-likeness (QED) is 0.0588. The SMILES string of the molecule is O=C(O[C@H]1[C@@H](OC(=O)c2cc(O)c(O)c(O)c2)[C@@H](OC(=O)c2cc(O)c(O)c(O)c2Oc2cc3c(c(O)c2O)-c2c(cc(O)c(O)c2O)C(=O)O[C@H]2[C@@H]4OC(=O)c5cc(O)c(O)c(O)c5-c5c(cc(O)c(O)c5O)C(=O)O[C@H]4CO[C@@H]2COC3=O)O[C@@H]2COC(=O)c3cc(O)c(O)c(O)c3-c3c(cc(O)c(O)c3O)C(=O)O[C@@H]12)c1cc(O)c(O)c(O)c1. The van der Waals surface area contributed by atoms with Crippen molar-refractivity contribution >= 4 is 53.7 Å². The summed E-state index contributed by atoms with van der Waals surface area (Å²) in [6.07, 6.45) is -23.2. The third-order valence-corrected chi connectivity index (χ3v) is 19.4. The van der Waals surface area contributed by atoms with Crippen LogP contribution >= 0.6 is 0 Å². The molecule has 0 aromatic heterocycles. The van der Waals surface area contributed by atoms with Crippen LogP contribution in [0.4, 0.5) is 0 Å². The highest BCUT2D eigenvalue weighted by Gasteiger charge is 2.57. The minimum atomic E-state index is -3.07.